The molecule has 0 radical (unpaired) electrons. The molecule has 1 amide bonds. The number of nitrogens with one attached hydrogen (secondary N) is 1. The number of rotatable bonds is 7. The number of benzene rings is 2. The standard InChI is InChI=1S/C22H24ClF3N2O3S/c23-18-10-11-20(19(14-18)22(24,25)26)27-21(29)17-9-4-12-28(15-17)32(30,31)13-5-8-16-6-2-1-3-7-16/h1-3,6-7,10-11,14,17H,4-5,8-9,12-13,15H2,(H,27,29)/t17-/m0/s1. The van der Waals surface area contributed by atoms with Crippen molar-refractivity contribution in [2.75, 3.05) is 24.2 Å². The van der Waals surface area contributed by atoms with Crippen LogP contribution in [0.2, 0.25) is 5.02 Å². The maximum Gasteiger partial charge on any atom is 0.418 e. The second kappa shape index (κ2) is 10.2. The van der Waals surface area contributed by atoms with Gasteiger partial charge < -0.3 is 5.32 Å². The molecule has 1 fully saturated rings. The van der Waals surface area contributed by atoms with E-state index in [2.05, 4.69) is 5.32 Å². The summed E-state index contributed by atoms with van der Waals surface area (Å²) in [5.41, 5.74) is -0.392. The summed E-state index contributed by atoms with van der Waals surface area (Å²) in [4.78, 5) is 12.7. The molecule has 32 heavy (non-hydrogen) atoms. The summed E-state index contributed by atoms with van der Waals surface area (Å²) in [6.45, 7) is 0.251. The molecule has 1 saturated heterocycles. The van der Waals surface area contributed by atoms with Gasteiger partial charge in [0.2, 0.25) is 15.9 Å². The Morgan fingerprint density at radius 3 is 2.56 bits per heavy atom. The van der Waals surface area contributed by atoms with Crippen LogP contribution in [0.25, 0.3) is 0 Å². The number of hydrogen-bond acceptors (Lipinski definition) is 3. The summed E-state index contributed by atoms with van der Waals surface area (Å²) in [5.74, 6) is -1.42. The van der Waals surface area contributed by atoms with Crippen LogP contribution in [-0.2, 0) is 27.4 Å². The smallest absolute Gasteiger partial charge is 0.325 e. The molecular formula is C22H24ClF3N2O3S. The molecule has 174 valence electrons. The molecule has 0 aromatic heterocycles. The van der Waals surface area contributed by atoms with Gasteiger partial charge in [-0.15, -0.1) is 0 Å². The second-order valence-electron chi connectivity index (χ2n) is 7.78. The molecule has 1 N–H and O–H groups in total. The lowest BCUT2D eigenvalue weighted by Gasteiger charge is -2.31. The Morgan fingerprint density at radius 1 is 1.16 bits per heavy atom. The number of halogens is 4. The maximum atomic E-state index is 13.3. The molecule has 0 unspecified atom stereocenters. The van der Waals surface area contributed by atoms with E-state index in [1.54, 1.807) is 0 Å². The summed E-state index contributed by atoms with van der Waals surface area (Å²) in [7, 11) is -3.57. The summed E-state index contributed by atoms with van der Waals surface area (Å²) in [6.07, 6.45) is -2.76. The molecule has 1 heterocycles. The zero-order chi connectivity index (χ0) is 23.4. The van der Waals surface area contributed by atoms with Gasteiger partial charge >= 0.3 is 6.18 Å². The van der Waals surface area contributed by atoms with Crippen molar-refractivity contribution in [3.63, 3.8) is 0 Å². The molecule has 0 spiro atoms. The maximum absolute atomic E-state index is 13.3. The zero-order valence-corrected chi connectivity index (χ0v) is 18.8. The molecule has 2 aromatic carbocycles. The summed E-state index contributed by atoms with van der Waals surface area (Å²) in [5, 5.41) is 2.22. The van der Waals surface area contributed by atoms with Crippen molar-refractivity contribution in [1.29, 1.82) is 0 Å². The highest BCUT2D eigenvalue weighted by atomic mass is 35.5. The van der Waals surface area contributed by atoms with Crippen molar-refractivity contribution in [2.45, 2.75) is 31.9 Å². The summed E-state index contributed by atoms with van der Waals surface area (Å²) < 4.78 is 66.6. The lowest BCUT2D eigenvalue weighted by molar-refractivity contribution is -0.137. The third-order valence-electron chi connectivity index (χ3n) is 5.40. The average Bonchev–Trinajstić information content (AvgIpc) is 2.75. The molecule has 3 rings (SSSR count). The Morgan fingerprint density at radius 2 is 1.88 bits per heavy atom. The van der Waals surface area contributed by atoms with E-state index >= 15 is 0 Å². The number of carbonyl (C=O) groups excluding carboxylic acids is 1. The van der Waals surface area contributed by atoms with E-state index in [0.717, 1.165) is 17.7 Å². The van der Waals surface area contributed by atoms with E-state index < -0.39 is 39.3 Å². The predicted octanol–water partition coefficient (Wildman–Crippen LogP) is 4.97. The molecule has 1 aliphatic rings. The van der Waals surface area contributed by atoms with Crippen LogP contribution in [0.5, 0.6) is 0 Å². The Hall–Kier alpha value is -2.10. The monoisotopic (exact) mass is 488 g/mol. The van der Waals surface area contributed by atoms with Crippen molar-refractivity contribution in [3.05, 3.63) is 64.7 Å². The number of carbonyl (C=O) groups is 1. The Labute approximate surface area is 190 Å². The van der Waals surface area contributed by atoms with Crippen molar-refractivity contribution >= 4 is 33.2 Å². The fraction of sp³-hybridized carbons (Fsp3) is 0.409. The van der Waals surface area contributed by atoms with Gasteiger partial charge in [-0.2, -0.15) is 13.2 Å². The second-order valence-corrected chi connectivity index (χ2v) is 10.3. The normalized spacial score (nSPS) is 17.8. The van der Waals surface area contributed by atoms with Crippen molar-refractivity contribution < 1.29 is 26.4 Å². The van der Waals surface area contributed by atoms with Gasteiger partial charge in [-0.25, -0.2) is 12.7 Å². The van der Waals surface area contributed by atoms with E-state index in [-0.39, 0.29) is 17.3 Å². The van der Waals surface area contributed by atoms with Gasteiger partial charge in [0.25, 0.3) is 0 Å². The van der Waals surface area contributed by atoms with E-state index in [1.165, 1.54) is 10.4 Å². The van der Waals surface area contributed by atoms with Crippen LogP contribution in [0.1, 0.15) is 30.4 Å². The minimum atomic E-state index is -4.69. The number of anilines is 1. The van der Waals surface area contributed by atoms with Crippen LogP contribution >= 0.6 is 11.6 Å². The highest BCUT2D eigenvalue weighted by Crippen LogP contribution is 2.37. The third-order valence-corrected chi connectivity index (χ3v) is 7.56. The number of amides is 1. The van der Waals surface area contributed by atoms with Crippen molar-refractivity contribution in [1.82, 2.24) is 4.31 Å². The summed E-state index contributed by atoms with van der Waals surface area (Å²) in [6, 6.07) is 12.6. The molecule has 0 saturated carbocycles. The first kappa shape index (κ1) is 24.5. The Kier molecular flexibility index (Phi) is 7.84. The molecule has 5 nitrogen and oxygen atoms in total. The van der Waals surface area contributed by atoms with Gasteiger partial charge in [0.05, 0.1) is 22.9 Å². The van der Waals surface area contributed by atoms with E-state index in [9.17, 15) is 26.4 Å². The molecule has 2 aromatic rings. The van der Waals surface area contributed by atoms with Crippen molar-refractivity contribution in [2.24, 2.45) is 5.92 Å². The minimum absolute atomic E-state index is 0.0472. The van der Waals surface area contributed by atoms with Gasteiger partial charge in [0.15, 0.2) is 0 Å². The van der Waals surface area contributed by atoms with E-state index in [1.807, 2.05) is 30.3 Å². The minimum Gasteiger partial charge on any atom is -0.325 e. The number of nitrogens with zero attached hydrogens (tertiary/aromatic N) is 1. The zero-order valence-electron chi connectivity index (χ0n) is 17.2. The van der Waals surface area contributed by atoms with Crippen LogP contribution in [0.4, 0.5) is 18.9 Å². The lowest BCUT2D eigenvalue weighted by Crippen LogP contribution is -2.44. The van der Waals surface area contributed by atoms with E-state index in [0.29, 0.717) is 32.2 Å². The molecule has 10 heteroatoms. The lowest BCUT2D eigenvalue weighted by atomic mass is 9.98. The summed E-state index contributed by atoms with van der Waals surface area (Å²) >= 11 is 5.67. The van der Waals surface area contributed by atoms with Crippen LogP contribution < -0.4 is 5.32 Å². The fourth-order valence-electron chi connectivity index (χ4n) is 3.74. The SMILES string of the molecule is O=C(Nc1ccc(Cl)cc1C(F)(F)F)[C@H]1CCCN(S(=O)(=O)CCCc2ccccc2)C1. The van der Waals surface area contributed by atoms with Crippen LogP contribution in [0.15, 0.2) is 48.5 Å². The Balaban J connectivity index is 1.62. The number of aryl methyl sites for hydroxylation is 1. The number of sulfonamides is 1. The van der Waals surface area contributed by atoms with Gasteiger partial charge in [-0.1, -0.05) is 41.9 Å². The van der Waals surface area contributed by atoms with E-state index in [4.69, 9.17) is 11.6 Å². The van der Waals surface area contributed by atoms with Gasteiger partial charge in [0, 0.05) is 18.1 Å². The van der Waals surface area contributed by atoms with Gasteiger partial charge in [-0.3, -0.25) is 4.79 Å². The first-order valence-corrected chi connectivity index (χ1v) is 12.2. The number of piperidine rings is 1. The van der Waals surface area contributed by atoms with Gasteiger partial charge in [0.1, 0.15) is 0 Å². The third kappa shape index (κ3) is 6.46. The molecular weight excluding hydrogens is 465 g/mol. The topological polar surface area (TPSA) is 66.5 Å². The molecule has 0 bridgehead atoms. The van der Waals surface area contributed by atoms with Crippen LogP contribution in [0.3, 0.4) is 0 Å². The first-order valence-electron chi connectivity index (χ1n) is 10.3. The van der Waals surface area contributed by atoms with Crippen LogP contribution in [0, 0.1) is 5.92 Å². The largest absolute Gasteiger partial charge is 0.418 e. The highest BCUT2D eigenvalue weighted by molar-refractivity contribution is 7.89. The molecule has 1 atom stereocenters. The predicted molar refractivity (Wildman–Crippen MR) is 118 cm³/mol. The van der Waals surface area contributed by atoms with Gasteiger partial charge in [-0.05, 0) is 49.4 Å². The average molecular weight is 489 g/mol. The first-order chi connectivity index (χ1) is 15.1. The highest BCUT2D eigenvalue weighted by Gasteiger charge is 2.36. The molecule has 0 aliphatic carbocycles. The Bertz CT molecular complexity index is 1050. The molecule has 1 aliphatic heterocycles. The van der Waals surface area contributed by atoms with Crippen LogP contribution in [-0.4, -0.2) is 37.5 Å². The number of alkyl halides is 3. The number of hydrogen-bond donors (Lipinski definition) is 1. The van der Waals surface area contributed by atoms with Crippen molar-refractivity contribution in [3.8, 4) is 0 Å². The fourth-order valence-corrected chi connectivity index (χ4v) is 5.49. The quantitative estimate of drug-likeness (QED) is 0.598.